The number of hydrogen-bond acceptors (Lipinski definition) is 1. The molecular weight excluding hydrogens is 254 g/mol. The molecule has 2 aromatic rings. The van der Waals surface area contributed by atoms with Gasteiger partial charge in [0.15, 0.2) is 0 Å². The van der Waals surface area contributed by atoms with E-state index in [0.717, 1.165) is 6.42 Å². The Morgan fingerprint density at radius 3 is 2.57 bits per heavy atom. The van der Waals surface area contributed by atoms with Crippen LogP contribution in [-0.4, -0.2) is 0 Å². The first kappa shape index (κ1) is 14.2. The Kier molecular flexibility index (Phi) is 3.75. The van der Waals surface area contributed by atoms with E-state index < -0.39 is 0 Å². The molecule has 1 N–H and O–H groups in total. The Hall–Kier alpha value is -1.76. The molecule has 0 saturated heterocycles. The molecule has 0 aliphatic heterocycles. The molecule has 110 valence electrons. The van der Waals surface area contributed by atoms with Gasteiger partial charge in [0.25, 0.3) is 0 Å². The molecule has 0 saturated carbocycles. The Bertz CT molecular complexity index is 627. The van der Waals surface area contributed by atoms with Gasteiger partial charge in [0.05, 0.1) is 6.04 Å². The number of anilines is 1. The number of aryl methyl sites for hydroxylation is 2. The molecule has 0 fully saturated rings. The summed E-state index contributed by atoms with van der Waals surface area (Å²) in [6.45, 7) is 6.99. The van der Waals surface area contributed by atoms with Crippen molar-refractivity contribution in [2.75, 3.05) is 5.32 Å². The van der Waals surface area contributed by atoms with Crippen LogP contribution in [0.1, 0.15) is 49.9 Å². The van der Waals surface area contributed by atoms with Gasteiger partial charge in [-0.25, -0.2) is 0 Å². The van der Waals surface area contributed by atoms with E-state index in [2.05, 4.69) is 74.6 Å². The molecule has 1 nitrogen and oxygen atoms in total. The second kappa shape index (κ2) is 5.55. The summed E-state index contributed by atoms with van der Waals surface area (Å²) in [5.74, 6) is 0. The topological polar surface area (TPSA) is 12.0 Å². The van der Waals surface area contributed by atoms with Crippen LogP contribution in [-0.2, 0) is 12.8 Å². The third kappa shape index (κ3) is 2.70. The van der Waals surface area contributed by atoms with Crippen molar-refractivity contribution in [1.29, 1.82) is 0 Å². The summed E-state index contributed by atoms with van der Waals surface area (Å²) in [4.78, 5) is 0. The van der Waals surface area contributed by atoms with Gasteiger partial charge in [-0.1, -0.05) is 63.2 Å². The highest BCUT2D eigenvalue weighted by atomic mass is 14.9. The van der Waals surface area contributed by atoms with Crippen molar-refractivity contribution in [3.63, 3.8) is 0 Å². The van der Waals surface area contributed by atoms with Crippen molar-refractivity contribution in [3.05, 3.63) is 65.2 Å². The first-order valence-corrected chi connectivity index (χ1v) is 8.04. The predicted octanol–water partition coefficient (Wildman–Crippen LogP) is 5.37. The summed E-state index contributed by atoms with van der Waals surface area (Å²) in [6.07, 6.45) is 3.49. The van der Waals surface area contributed by atoms with E-state index in [4.69, 9.17) is 0 Å². The standard InChI is InChI=1S/C20H25N/c1-4-15-9-6-8-12-18(15)21-19-17-11-7-5-10-16(17)13-14-20(19,2)3/h5-12,19,21H,4,13-14H2,1-3H3. The molecule has 1 aliphatic rings. The number of rotatable bonds is 3. The van der Waals surface area contributed by atoms with Crippen LogP contribution in [0, 0.1) is 5.41 Å². The number of hydrogen-bond donors (Lipinski definition) is 1. The smallest absolute Gasteiger partial charge is 0.0567 e. The monoisotopic (exact) mass is 279 g/mol. The van der Waals surface area contributed by atoms with Gasteiger partial charge in [-0.3, -0.25) is 0 Å². The number of fused-ring (bicyclic) bond motifs is 1. The Morgan fingerprint density at radius 2 is 1.76 bits per heavy atom. The highest BCUT2D eigenvalue weighted by molar-refractivity contribution is 5.54. The SMILES string of the molecule is CCc1ccccc1NC1c2ccccc2CCC1(C)C. The molecule has 0 heterocycles. The molecule has 2 aromatic carbocycles. The Morgan fingerprint density at radius 1 is 1.05 bits per heavy atom. The van der Waals surface area contributed by atoms with Gasteiger partial charge in [0.2, 0.25) is 0 Å². The molecular formula is C20H25N. The highest BCUT2D eigenvalue weighted by Gasteiger charge is 2.35. The van der Waals surface area contributed by atoms with Gasteiger partial charge in [0, 0.05) is 5.69 Å². The van der Waals surface area contributed by atoms with Crippen LogP contribution in [0.4, 0.5) is 5.69 Å². The lowest BCUT2D eigenvalue weighted by atomic mass is 9.70. The minimum absolute atomic E-state index is 0.273. The maximum absolute atomic E-state index is 3.85. The van der Waals surface area contributed by atoms with Gasteiger partial charge in [-0.05, 0) is 47.4 Å². The van der Waals surface area contributed by atoms with Crippen molar-refractivity contribution in [3.8, 4) is 0 Å². The molecule has 0 spiro atoms. The summed E-state index contributed by atoms with van der Waals surface area (Å²) in [5.41, 5.74) is 5.93. The van der Waals surface area contributed by atoms with Crippen molar-refractivity contribution >= 4 is 5.69 Å². The highest BCUT2D eigenvalue weighted by Crippen LogP contribution is 2.45. The second-order valence-corrected chi connectivity index (χ2v) is 6.78. The molecule has 0 amide bonds. The summed E-state index contributed by atoms with van der Waals surface area (Å²) >= 11 is 0. The maximum atomic E-state index is 3.85. The Labute approximate surface area is 128 Å². The zero-order chi connectivity index (χ0) is 14.9. The Balaban J connectivity index is 1.99. The molecule has 1 heteroatoms. The van der Waals surface area contributed by atoms with E-state index >= 15 is 0 Å². The van der Waals surface area contributed by atoms with E-state index in [1.54, 1.807) is 0 Å². The quantitative estimate of drug-likeness (QED) is 0.796. The fourth-order valence-electron chi connectivity index (χ4n) is 3.46. The lowest BCUT2D eigenvalue weighted by Crippen LogP contribution is -2.33. The number of para-hydroxylation sites is 1. The van der Waals surface area contributed by atoms with Crippen molar-refractivity contribution in [2.45, 2.75) is 46.1 Å². The zero-order valence-corrected chi connectivity index (χ0v) is 13.3. The summed E-state index contributed by atoms with van der Waals surface area (Å²) in [6, 6.07) is 18.0. The molecule has 1 aliphatic carbocycles. The van der Waals surface area contributed by atoms with Crippen LogP contribution in [0.15, 0.2) is 48.5 Å². The molecule has 1 unspecified atom stereocenters. The van der Waals surface area contributed by atoms with E-state index in [9.17, 15) is 0 Å². The van der Waals surface area contributed by atoms with Crippen molar-refractivity contribution in [1.82, 2.24) is 0 Å². The summed E-state index contributed by atoms with van der Waals surface area (Å²) in [7, 11) is 0. The maximum Gasteiger partial charge on any atom is 0.0567 e. The normalized spacial score (nSPS) is 19.9. The lowest BCUT2D eigenvalue weighted by Gasteiger charge is -2.41. The fraction of sp³-hybridized carbons (Fsp3) is 0.400. The fourth-order valence-corrected chi connectivity index (χ4v) is 3.46. The average Bonchev–Trinajstić information content (AvgIpc) is 2.50. The summed E-state index contributed by atoms with van der Waals surface area (Å²) in [5, 5.41) is 3.85. The molecule has 3 rings (SSSR count). The van der Waals surface area contributed by atoms with E-state index in [0.29, 0.717) is 6.04 Å². The number of benzene rings is 2. The second-order valence-electron chi connectivity index (χ2n) is 6.78. The first-order chi connectivity index (χ1) is 10.1. The van der Waals surface area contributed by atoms with Gasteiger partial charge in [-0.15, -0.1) is 0 Å². The van der Waals surface area contributed by atoms with E-state index in [1.807, 2.05) is 0 Å². The van der Waals surface area contributed by atoms with Crippen LogP contribution in [0.5, 0.6) is 0 Å². The van der Waals surface area contributed by atoms with Crippen molar-refractivity contribution in [2.24, 2.45) is 5.41 Å². The van der Waals surface area contributed by atoms with E-state index in [1.165, 1.54) is 35.2 Å². The first-order valence-electron chi connectivity index (χ1n) is 8.04. The lowest BCUT2D eigenvalue weighted by molar-refractivity contribution is 0.265. The minimum atomic E-state index is 0.273. The van der Waals surface area contributed by atoms with Crippen LogP contribution >= 0.6 is 0 Å². The zero-order valence-electron chi connectivity index (χ0n) is 13.3. The third-order valence-electron chi connectivity index (χ3n) is 4.88. The molecule has 0 bridgehead atoms. The predicted molar refractivity (Wildman–Crippen MR) is 90.7 cm³/mol. The third-order valence-corrected chi connectivity index (χ3v) is 4.88. The average molecular weight is 279 g/mol. The van der Waals surface area contributed by atoms with Gasteiger partial charge >= 0.3 is 0 Å². The summed E-state index contributed by atoms with van der Waals surface area (Å²) < 4.78 is 0. The van der Waals surface area contributed by atoms with Crippen LogP contribution in [0.2, 0.25) is 0 Å². The van der Waals surface area contributed by atoms with E-state index in [-0.39, 0.29) is 5.41 Å². The molecule has 0 aromatic heterocycles. The largest absolute Gasteiger partial charge is 0.377 e. The van der Waals surface area contributed by atoms with Crippen LogP contribution in [0.25, 0.3) is 0 Å². The van der Waals surface area contributed by atoms with Gasteiger partial charge in [0.1, 0.15) is 0 Å². The van der Waals surface area contributed by atoms with Crippen molar-refractivity contribution < 1.29 is 0 Å². The van der Waals surface area contributed by atoms with Gasteiger partial charge < -0.3 is 5.32 Å². The number of nitrogens with one attached hydrogen (secondary N) is 1. The molecule has 1 atom stereocenters. The molecule has 0 radical (unpaired) electrons. The van der Waals surface area contributed by atoms with Crippen LogP contribution in [0.3, 0.4) is 0 Å². The van der Waals surface area contributed by atoms with Crippen LogP contribution < -0.4 is 5.32 Å². The van der Waals surface area contributed by atoms with Gasteiger partial charge in [-0.2, -0.15) is 0 Å². The minimum Gasteiger partial charge on any atom is -0.377 e. The molecule has 21 heavy (non-hydrogen) atoms.